The summed E-state index contributed by atoms with van der Waals surface area (Å²) in [5.41, 5.74) is 0.0988. The molecule has 0 amide bonds. The Labute approximate surface area is 132 Å². The molecule has 4 rings (SSSR count). The van der Waals surface area contributed by atoms with Gasteiger partial charge in [0.05, 0.1) is 5.25 Å². The van der Waals surface area contributed by atoms with Crippen LogP contribution in [0.25, 0.3) is 0 Å². The van der Waals surface area contributed by atoms with Crippen LogP contribution in [0, 0.1) is 5.41 Å². The van der Waals surface area contributed by atoms with Crippen molar-refractivity contribution in [2.75, 3.05) is 13.1 Å². The lowest BCUT2D eigenvalue weighted by Crippen LogP contribution is -2.39. The highest BCUT2D eigenvalue weighted by atomic mass is 32.2. The fourth-order valence-electron chi connectivity index (χ4n) is 4.04. The summed E-state index contributed by atoms with van der Waals surface area (Å²) in [5.74, 6) is 1.22. The van der Waals surface area contributed by atoms with Crippen molar-refractivity contribution in [1.29, 1.82) is 0 Å². The Morgan fingerprint density at radius 1 is 1.32 bits per heavy atom. The van der Waals surface area contributed by atoms with E-state index in [0.29, 0.717) is 19.1 Å². The molecule has 6 nitrogen and oxygen atoms in total. The topological polar surface area (TPSA) is 68.1 Å². The zero-order chi connectivity index (χ0) is 15.5. The van der Waals surface area contributed by atoms with Crippen LogP contribution in [-0.4, -0.2) is 45.8 Å². The number of hydrogen-bond acceptors (Lipinski definition) is 4. The maximum Gasteiger partial charge on any atom is 0.216 e. The molecular formula is C15H24N4O2S. The largest absolute Gasteiger partial charge is 0.314 e. The van der Waals surface area contributed by atoms with Crippen molar-refractivity contribution in [2.45, 2.75) is 63.2 Å². The van der Waals surface area contributed by atoms with E-state index in [0.717, 1.165) is 18.7 Å². The molecule has 1 unspecified atom stereocenters. The highest BCUT2D eigenvalue weighted by Gasteiger charge is 2.55. The number of rotatable bonds is 4. The van der Waals surface area contributed by atoms with Crippen LogP contribution >= 0.6 is 0 Å². The Kier molecular flexibility index (Phi) is 3.17. The standard InChI is InChI=1S/C15H24N4O2S/c1-11(2)22(20,21)18-8-13(15(9-18)6-3-7-15)14-17-16-10-19(14)12-4-5-12/h10-13H,3-9H2,1-2H3. The van der Waals surface area contributed by atoms with Crippen molar-refractivity contribution in [3.05, 3.63) is 12.2 Å². The highest BCUT2D eigenvalue weighted by molar-refractivity contribution is 7.89. The van der Waals surface area contributed by atoms with E-state index in [1.54, 1.807) is 18.2 Å². The molecule has 1 aromatic heterocycles. The molecule has 1 aromatic rings. The number of hydrogen-bond donors (Lipinski definition) is 0. The van der Waals surface area contributed by atoms with E-state index in [-0.39, 0.29) is 16.6 Å². The molecule has 0 N–H and O–H groups in total. The third kappa shape index (κ3) is 2.05. The molecule has 3 aliphatic rings. The van der Waals surface area contributed by atoms with Gasteiger partial charge in [0.25, 0.3) is 0 Å². The molecule has 22 heavy (non-hydrogen) atoms. The summed E-state index contributed by atoms with van der Waals surface area (Å²) < 4.78 is 29.1. The van der Waals surface area contributed by atoms with Gasteiger partial charge >= 0.3 is 0 Å². The summed E-state index contributed by atoms with van der Waals surface area (Å²) in [6, 6.07) is 0.540. The lowest BCUT2D eigenvalue weighted by Gasteiger charge is -2.42. The molecule has 3 fully saturated rings. The zero-order valence-electron chi connectivity index (χ0n) is 13.3. The van der Waals surface area contributed by atoms with Crippen LogP contribution in [0.1, 0.15) is 63.7 Å². The van der Waals surface area contributed by atoms with Crippen LogP contribution in [0.2, 0.25) is 0 Å². The van der Waals surface area contributed by atoms with Gasteiger partial charge in [-0.3, -0.25) is 0 Å². The molecule has 122 valence electrons. The number of nitrogens with zero attached hydrogens (tertiary/aromatic N) is 4. The van der Waals surface area contributed by atoms with Crippen LogP contribution in [0.4, 0.5) is 0 Å². The van der Waals surface area contributed by atoms with E-state index in [2.05, 4.69) is 14.8 Å². The van der Waals surface area contributed by atoms with E-state index >= 15 is 0 Å². The third-order valence-electron chi connectivity index (χ3n) is 5.77. The highest BCUT2D eigenvalue weighted by Crippen LogP contribution is 2.56. The predicted octanol–water partition coefficient (Wildman–Crippen LogP) is 1.92. The van der Waals surface area contributed by atoms with Crippen molar-refractivity contribution in [3.8, 4) is 0 Å². The van der Waals surface area contributed by atoms with Gasteiger partial charge in [0.2, 0.25) is 10.0 Å². The van der Waals surface area contributed by atoms with E-state index in [4.69, 9.17) is 0 Å². The van der Waals surface area contributed by atoms with Gasteiger partial charge in [-0.25, -0.2) is 12.7 Å². The molecule has 1 aliphatic heterocycles. The fourth-order valence-corrected chi connectivity index (χ4v) is 5.43. The first-order valence-electron chi connectivity index (χ1n) is 8.32. The first kappa shape index (κ1) is 14.6. The van der Waals surface area contributed by atoms with Crippen LogP contribution < -0.4 is 0 Å². The summed E-state index contributed by atoms with van der Waals surface area (Å²) in [6.45, 7) is 4.77. The van der Waals surface area contributed by atoms with Crippen molar-refractivity contribution in [3.63, 3.8) is 0 Å². The zero-order valence-corrected chi connectivity index (χ0v) is 14.1. The van der Waals surface area contributed by atoms with Crippen LogP contribution in [-0.2, 0) is 10.0 Å². The molecular weight excluding hydrogens is 300 g/mol. The average molecular weight is 324 g/mol. The van der Waals surface area contributed by atoms with Crippen molar-refractivity contribution < 1.29 is 8.42 Å². The first-order chi connectivity index (χ1) is 10.4. The molecule has 2 saturated carbocycles. The number of aromatic nitrogens is 3. The van der Waals surface area contributed by atoms with Gasteiger partial charge in [-0.05, 0) is 44.9 Å². The van der Waals surface area contributed by atoms with E-state index in [1.807, 2.05) is 6.33 Å². The molecule has 7 heteroatoms. The summed E-state index contributed by atoms with van der Waals surface area (Å²) in [4.78, 5) is 0. The fraction of sp³-hybridized carbons (Fsp3) is 0.867. The molecule has 2 aliphatic carbocycles. The quantitative estimate of drug-likeness (QED) is 0.848. The molecule has 0 aromatic carbocycles. The Morgan fingerprint density at radius 3 is 2.59 bits per heavy atom. The second-order valence-electron chi connectivity index (χ2n) is 7.48. The SMILES string of the molecule is CC(C)S(=O)(=O)N1CC(c2nncn2C2CC2)C2(CCC2)C1. The van der Waals surface area contributed by atoms with Gasteiger partial charge in [-0.2, -0.15) is 0 Å². The van der Waals surface area contributed by atoms with E-state index in [1.165, 1.54) is 19.3 Å². The third-order valence-corrected chi connectivity index (χ3v) is 7.96. The second-order valence-corrected chi connectivity index (χ2v) is 9.97. The van der Waals surface area contributed by atoms with Gasteiger partial charge in [-0.15, -0.1) is 10.2 Å². The Balaban J connectivity index is 1.68. The van der Waals surface area contributed by atoms with Crippen LogP contribution in [0.15, 0.2) is 6.33 Å². The average Bonchev–Trinajstić information content (AvgIpc) is 3.01. The molecule has 1 spiro atoms. The second kappa shape index (κ2) is 4.77. The molecule has 2 heterocycles. The van der Waals surface area contributed by atoms with Gasteiger partial charge in [0.1, 0.15) is 12.2 Å². The van der Waals surface area contributed by atoms with Gasteiger partial charge in [0, 0.05) is 25.0 Å². The first-order valence-corrected chi connectivity index (χ1v) is 9.83. The molecule has 1 saturated heterocycles. The minimum absolute atomic E-state index is 0.0988. The molecule has 0 radical (unpaired) electrons. The van der Waals surface area contributed by atoms with Gasteiger partial charge in [0.15, 0.2) is 0 Å². The Hall–Kier alpha value is -0.950. The molecule has 1 atom stereocenters. The lowest BCUT2D eigenvalue weighted by atomic mass is 9.62. The number of sulfonamides is 1. The summed E-state index contributed by atoms with van der Waals surface area (Å²) in [7, 11) is -3.19. The van der Waals surface area contributed by atoms with Crippen molar-refractivity contribution >= 4 is 10.0 Å². The minimum Gasteiger partial charge on any atom is -0.314 e. The van der Waals surface area contributed by atoms with Gasteiger partial charge in [-0.1, -0.05) is 6.42 Å². The summed E-state index contributed by atoms with van der Waals surface area (Å²) in [6.07, 6.45) is 7.64. The Bertz CT molecular complexity index is 673. The van der Waals surface area contributed by atoms with Crippen molar-refractivity contribution in [2.24, 2.45) is 5.41 Å². The van der Waals surface area contributed by atoms with Crippen molar-refractivity contribution in [1.82, 2.24) is 19.1 Å². The van der Waals surface area contributed by atoms with Crippen LogP contribution in [0.3, 0.4) is 0 Å². The van der Waals surface area contributed by atoms with Gasteiger partial charge < -0.3 is 4.57 Å². The van der Waals surface area contributed by atoms with Crippen LogP contribution in [0.5, 0.6) is 0 Å². The predicted molar refractivity (Wildman–Crippen MR) is 82.9 cm³/mol. The summed E-state index contributed by atoms with van der Waals surface area (Å²) >= 11 is 0. The normalized spacial score (nSPS) is 28.4. The maximum absolute atomic E-state index is 12.6. The lowest BCUT2D eigenvalue weighted by molar-refractivity contribution is 0.125. The molecule has 0 bridgehead atoms. The maximum atomic E-state index is 12.6. The summed E-state index contributed by atoms with van der Waals surface area (Å²) in [5, 5.41) is 8.15. The monoisotopic (exact) mass is 324 g/mol. The van der Waals surface area contributed by atoms with E-state index < -0.39 is 10.0 Å². The smallest absolute Gasteiger partial charge is 0.216 e. The van der Waals surface area contributed by atoms with E-state index in [9.17, 15) is 8.42 Å². The Morgan fingerprint density at radius 2 is 2.05 bits per heavy atom. The minimum atomic E-state index is -3.19.